The first kappa shape index (κ1) is 24.1. The Labute approximate surface area is 249 Å². The predicted octanol–water partition coefficient (Wildman–Crippen LogP) is 8.98. The van der Waals surface area contributed by atoms with Crippen molar-refractivity contribution in [1.29, 1.82) is 0 Å². The Morgan fingerprint density at radius 2 is 1.67 bits per heavy atom. The molecule has 0 bridgehead atoms. The van der Waals surface area contributed by atoms with E-state index in [2.05, 4.69) is 121 Å². The molecule has 5 aromatic rings. The van der Waals surface area contributed by atoms with Gasteiger partial charge < -0.3 is 15.5 Å². The second-order valence-corrected chi connectivity index (χ2v) is 12.6. The standard InChI is InChI=1S/C38H28N2OS/c39-38(19-18-23-14-15-24-8-6-20-40-36(24)35(23)38)27-9-5-7-25(21-27)26-16-17-33-30(22-26)34-28-10-1-3-12-31(28)41-37(34)29-11-2-4-13-32(29)42-33/h1-18,21-22,35,40H,19-20,39H2/t35-,38?/m0/s1. The van der Waals surface area contributed by atoms with Gasteiger partial charge in [-0.3, -0.25) is 0 Å². The summed E-state index contributed by atoms with van der Waals surface area (Å²) in [7, 11) is 0. The third-order valence-electron chi connectivity index (χ3n) is 9.22. The van der Waals surface area contributed by atoms with E-state index in [1.807, 2.05) is 17.8 Å². The summed E-state index contributed by atoms with van der Waals surface area (Å²) in [5.74, 6) is 1.07. The molecule has 42 heavy (non-hydrogen) atoms. The zero-order valence-corrected chi connectivity index (χ0v) is 23.7. The van der Waals surface area contributed by atoms with Crippen LogP contribution in [0.5, 0.6) is 0 Å². The minimum absolute atomic E-state index is 0.125. The van der Waals surface area contributed by atoms with Crippen molar-refractivity contribution in [2.45, 2.75) is 21.8 Å². The summed E-state index contributed by atoms with van der Waals surface area (Å²) < 4.78 is 6.54. The van der Waals surface area contributed by atoms with Gasteiger partial charge in [0.1, 0.15) is 11.3 Å². The molecule has 9 rings (SSSR count). The van der Waals surface area contributed by atoms with Crippen LogP contribution in [0, 0.1) is 5.92 Å². The molecule has 4 aromatic carbocycles. The maximum absolute atomic E-state index is 7.38. The van der Waals surface area contributed by atoms with E-state index in [4.69, 9.17) is 10.2 Å². The lowest BCUT2D eigenvalue weighted by atomic mass is 9.73. The van der Waals surface area contributed by atoms with Gasteiger partial charge in [-0.1, -0.05) is 103 Å². The van der Waals surface area contributed by atoms with Crippen molar-refractivity contribution in [1.82, 2.24) is 5.32 Å². The molecule has 0 saturated heterocycles. The Balaban J connectivity index is 1.18. The fourth-order valence-electron chi connectivity index (χ4n) is 7.19. The number of hydrogen-bond acceptors (Lipinski definition) is 4. The van der Waals surface area contributed by atoms with Crippen LogP contribution < -0.4 is 11.1 Å². The van der Waals surface area contributed by atoms with E-state index < -0.39 is 5.54 Å². The SMILES string of the molecule is NC1(c2cccc(-c3ccc4c(c3)-c3c(oc5ccccc35)-c3ccccc3S4)c2)CC=C2C=CC3=C(NCC=C3)[C@H]21. The fourth-order valence-corrected chi connectivity index (χ4v) is 8.25. The maximum atomic E-state index is 7.38. The smallest absolute Gasteiger partial charge is 0.144 e. The van der Waals surface area contributed by atoms with Gasteiger partial charge in [-0.2, -0.15) is 0 Å². The van der Waals surface area contributed by atoms with Gasteiger partial charge in [0.05, 0.1) is 5.54 Å². The highest BCUT2D eigenvalue weighted by Gasteiger charge is 2.45. The summed E-state index contributed by atoms with van der Waals surface area (Å²) >= 11 is 1.81. The molecule has 0 saturated carbocycles. The zero-order chi connectivity index (χ0) is 27.8. The first-order valence-electron chi connectivity index (χ1n) is 14.5. The summed E-state index contributed by atoms with van der Waals surface area (Å²) in [6, 6.07) is 32.7. The van der Waals surface area contributed by atoms with Gasteiger partial charge >= 0.3 is 0 Å². The molecule has 3 heterocycles. The van der Waals surface area contributed by atoms with Gasteiger partial charge in [0.15, 0.2) is 0 Å². The lowest BCUT2D eigenvalue weighted by Crippen LogP contribution is -2.46. The second kappa shape index (κ2) is 8.99. The maximum Gasteiger partial charge on any atom is 0.144 e. The highest BCUT2D eigenvalue weighted by Crippen LogP contribution is 2.53. The molecule has 3 nitrogen and oxygen atoms in total. The van der Waals surface area contributed by atoms with Crippen molar-refractivity contribution in [3.63, 3.8) is 0 Å². The third-order valence-corrected chi connectivity index (χ3v) is 10.4. The Morgan fingerprint density at radius 1 is 0.810 bits per heavy atom. The van der Waals surface area contributed by atoms with E-state index in [0.717, 1.165) is 35.3 Å². The van der Waals surface area contributed by atoms with Crippen LogP contribution in [0.1, 0.15) is 12.0 Å². The van der Waals surface area contributed by atoms with Crippen molar-refractivity contribution < 1.29 is 4.42 Å². The molecular formula is C38H28N2OS. The van der Waals surface area contributed by atoms with E-state index >= 15 is 0 Å². The predicted molar refractivity (Wildman–Crippen MR) is 172 cm³/mol. The van der Waals surface area contributed by atoms with Gasteiger partial charge in [-0.05, 0) is 64.6 Å². The topological polar surface area (TPSA) is 51.2 Å². The van der Waals surface area contributed by atoms with Crippen LogP contribution in [0.2, 0.25) is 0 Å². The Morgan fingerprint density at radius 3 is 2.64 bits per heavy atom. The van der Waals surface area contributed by atoms with E-state index in [9.17, 15) is 0 Å². The molecule has 4 heteroatoms. The molecule has 1 unspecified atom stereocenters. The van der Waals surface area contributed by atoms with E-state index in [-0.39, 0.29) is 5.92 Å². The second-order valence-electron chi connectivity index (χ2n) is 11.6. The quantitative estimate of drug-likeness (QED) is 0.222. The minimum atomic E-state index is -0.508. The van der Waals surface area contributed by atoms with Gasteiger partial charge in [0.25, 0.3) is 0 Å². The van der Waals surface area contributed by atoms with Crippen molar-refractivity contribution in [3.8, 4) is 33.6 Å². The molecule has 0 radical (unpaired) electrons. The molecular weight excluding hydrogens is 532 g/mol. The van der Waals surface area contributed by atoms with Gasteiger partial charge in [-0.25, -0.2) is 0 Å². The molecule has 1 aromatic heterocycles. The average Bonchev–Trinajstić information content (AvgIpc) is 3.56. The first-order chi connectivity index (χ1) is 20.7. The van der Waals surface area contributed by atoms with Crippen molar-refractivity contribution >= 4 is 22.7 Å². The van der Waals surface area contributed by atoms with Gasteiger partial charge in [-0.15, -0.1) is 0 Å². The summed E-state index contributed by atoms with van der Waals surface area (Å²) in [6.07, 6.45) is 12.0. The van der Waals surface area contributed by atoms with Gasteiger partial charge in [0, 0.05) is 50.0 Å². The molecule has 2 aliphatic carbocycles. The van der Waals surface area contributed by atoms with Crippen LogP contribution in [0.15, 0.2) is 152 Å². The number of allylic oxidation sites excluding steroid dienone is 4. The van der Waals surface area contributed by atoms with Crippen LogP contribution in [0.3, 0.4) is 0 Å². The van der Waals surface area contributed by atoms with Crippen molar-refractivity contribution in [2.24, 2.45) is 11.7 Å². The zero-order valence-electron chi connectivity index (χ0n) is 22.9. The molecule has 3 N–H and O–H groups in total. The summed E-state index contributed by atoms with van der Waals surface area (Å²) in [5.41, 5.74) is 18.6. The van der Waals surface area contributed by atoms with E-state index in [1.165, 1.54) is 54.5 Å². The molecule has 202 valence electrons. The highest BCUT2D eigenvalue weighted by atomic mass is 32.2. The van der Waals surface area contributed by atoms with Gasteiger partial charge in [0.2, 0.25) is 0 Å². The van der Waals surface area contributed by atoms with Crippen LogP contribution in [0.4, 0.5) is 0 Å². The summed E-state index contributed by atoms with van der Waals surface area (Å²) in [4.78, 5) is 2.44. The lowest BCUT2D eigenvalue weighted by molar-refractivity contribution is 0.369. The number of benzene rings is 4. The van der Waals surface area contributed by atoms with Crippen molar-refractivity contribution in [3.05, 3.63) is 144 Å². The molecule has 0 amide bonds. The molecule has 0 fully saturated rings. The fraction of sp³-hybridized carbons (Fsp3) is 0.105. The van der Waals surface area contributed by atoms with E-state index in [1.54, 1.807) is 0 Å². The normalized spacial score (nSPS) is 21.5. The number of para-hydroxylation sites is 1. The monoisotopic (exact) mass is 560 g/mol. The number of furan rings is 1. The van der Waals surface area contributed by atoms with Crippen LogP contribution in [0.25, 0.3) is 44.5 Å². The number of rotatable bonds is 2. The molecule has 0 spiro atoms. The Hall–Kier alpha value is -4.51. The number of hydrogen-bond donors (Lipinski definition) is 2. The largest absolute Gasteiger partial charge is 0.455 e. The summed E-state index contributed by atoms with van der Waals surface area (Å²) in [5, 5.41) is 4.79. The van der Waals surface area contributed by atoms with Crippen LogP contribution in [-0.2, 0) is 5.54 Å². The number of nitrogens with one attached hydrogen (secondary N) is 1. The number of nitrogens with two attached hydrogens (primary N) is 1. The van der Waals surface area contributed by atoms with Crippen LogP contribution >= 0.6 is 11.8 Å². The van der Waals surface area contributed by atoms with E-state index in [0.29, 0.717) is 0 Å². The summed E-state index contributed by atoms with van der Waals surface area (Å²) in [6.45, 7) is 0.842. The Bertz CT molecular complexity index is 2080. The average molecular weight is 561 g/mol. The number of fused-ring (bicyclic) bond motifs is 9. The van der Waals surface area contributed by atoms with Crippen LogP contribution in [-0.4, -0.2) is 6.54 Å². The third kappa shape index (κ3) is 3.46. The molecule has 2 atom stereocenters. The molecule has 4 aliphatic rings. The number of dihydropyridines is 1. The lowest BCUT2D eigenvalue weighted by Gasteiger charge is -2.38. The minimum Gasteiger partial charge on any atom is -0.455 e. The molecule has 2 aliphatic heterocycles. The Kier molecular flexibility index (Phi) is 5.17. The highest BCUT2D eigenvalue weighted by molar-refractivity contribution is 7.99. The first-order valence-corrected chi connectivity index (χ1v) is 15.3. The van der Waals surface area contributed by atoms with Crippen molar-refractivity contribution in [2.75, 3.05) is 6.54 Å².